The van der Waals surface area contributed by atoms with E-state index >= 15 is 0 Å². The minimum Gasteiger partial charge on any atom is -0.310 e. The molecule has 0 bridgehead atoms. The van der Waals surface area contributed by atoms with Crippen LogP contribution in [0.2, 0.25) is 0 Å². The summed E-state index contributed by atoms with van der Waals surface area (Å²) in [6.07, 6.45) is 0. The van der Waals surface area contributed by atoms with Crippen molar-refractivity contribution in [3.8, 4) is 33.4 Å². The van der Waals surface area contributed by atoms with Gasteiger partial charge in [0.2, 0.25) is 0 Å². The fraction of sp³-hybridized carbons (Fsp3) is 0.0303. The summed E-state index contributed by atoms with van der Waals surface area (Å²) in [5, 5.41) is 2.48. The van der Waals surface area contributed by atoms with E-state index in [0.29, 0.717) is 0 Å². The zero-order chi connectivity index (χ0) is 44.4. The predicted octanol–water partition coefficient (Wildman–Crippen LogP) is 16.7. The number of benzene rings is 11. The molecule has 0 aliphatic heterocycles. The lowest BCUT2D eigenvalue weighted by Crippen LogP contribution is -2.29. The lowest BCUT2D eigenvalue weighted by Gasteiger charge is -2.36. The van der Waals surface area contributed by atoms with E-state index in [2.05, 4.69) is 278 Å². The molecule has 2 aliphatic rings. The number of anilines is 3. The quantitative estimate of drug-likeness (QED) is 0.147. The molecule has 1 heteroatoms. The van der Waals surface area contributed by atoms with Crippen LogP contribution in [0, 0.1) is 0 Å². The summed E-state index contributed by atoms with van der Waals surface area (Å²) in [5.74, 6) is 0. The summed E-state index contributed by atoms with van der Waals surface area (Å²) < 4.78 is 0. The zero-order valence-electron chi connectivity index (χ0n) is 36.9. The first kappa shape index (κ1) is 38.9. The standard InChI is InChI=1S/C66H45N/c1-6-22-46(23-7-1)55-34-19-21-37-64(55)67(53-38-40-57-56-35-18-20-36-60(56)65(62(57)44-53,49-26-8-2-9-27-49)50-28-10-3-11-29-50)54-39-41-58-59-42-47-24-16-17-25-48(47)43-61(59)66(63(58)45-54,51-30-12-4-13-31-51)52-32-14-5-15-33-52/h1-45H. The van der Waals surface area contributed by atoms with Gasteiger partial charge < -0.3 is 4.90 Å². The van der Waals surface area contributed by atoms with Crippen molar-refractivity contribution in [2.45, 2.75) is 10.8 Å². The first-order chi connectivity index (χ1) is 33.2. The molecule has 0 atom stereocenters. The largest absolute Gasteiger partial charge is 0.310 e. The smallest absolute Gasteiger partial charge is 0.0714 e. The summed E-state index contributed by atoms with van der Waals surface area (Å²) in [5.41, 5.74) is 19.7. The van der Waals surface area contributed by atoms with E-state index in [9.17, 15) is 0 Å². The lowest BCUT2D eigenvalue weighted by molar-refractivity contribution is 0.768. The van der Waals surface area contributed by atoms with Gasteiger partial charge in [0, 0.05) is 16.9 Å². The number of para-hydroxylation sites is 1. The first-order valence-corrected chi connectivity index (χ1v) is 23.3. The Balaban J connectivity index is 1.12. The van der Waals surface area contributed by atoms with Crippen LogP contribution in [0.15, 0.2) is 273 Å². The predicted molar refractivity (Wildman–Crippen MR) is 279 cm³/mol. The first-order valence-electron chi connectivity index (χ1n) is 23.3. The third-order valence-corrected chi connectivity index (χ3v) is 14.6. The van der Waals surface area contributed by atoms with Gasteiger partial charge in [-0.1, -0.05) is 231 Å². The summed E-state index contributed by atoms with van der Waals surface area (Å²) in [4.78, 5) is 2.52. The van der Waals surface area contributed by atoms with Crippen LogP contribution in [-0.2, 0) is 10.8 Å². The number of rotatable bonds is 8. The molecule has 2 aliphatic carbocycles. The minimum absolute atomic E-state index is 0.549. The summed E-state index contributed by atoms with van der Waals surface area (Å²) in [7, 11) is 0. The van der Waals surface area contributed by atoms with E-state index in [1.807, 2.05) is 0 Å². The molecule has 1 nitrogen and oxygen atoms in total. The van der Waals surface area contributed by atoms with Crippen molar-refractivity contribution in [2.24, 2.45) is 0 Å². The van der Waals surface area contributed by atoms with Crippen LogP contribution in [0.1, 0.15) is 44.5 Å². The SMILES string of the molecule is c1ccc(-c2ccccc2N(c2ccc3c(c2)C(c2ccccc2)(c2ccccc2)c2ccccc2-3)c2ccc3c(c2)C(c2ccccc2)(c2ccccc2)c2cc4ccccc4cc2-3)cc1. The summed E-state index contributed by atoms with van der Waals surface area (Å²) >= 11 is 0. The van der Waals surface area contributed by atoms with Gasteiger partial charge in [0.25, 0.3) is 0 Å². The Morgan fingerprint density at radius 2 is 0.612 bits per heavy atom. The Hall–Kier alpha value is -8.52. The second-order valence-electron chi connectivity index (χ2n) is 17.9. The molecule has 11 aromatic carbocycles. The van der Waals surface area contributed by atoms with Crippen LogP contribution >= 0.6 is 0 Å². The molecule has 0 fully saturated rings. The molecule has 0 aromatic heterocycles. The monoisotopic (exact) mass is 851 g/mol. The summed E-state index contributed by atoms with van der Waals surface area (Å²) in [6, 6.07) is 101. The maximum Gasteiger partial charge on any atom is 0.0714 e. The van der Waals surface area contributed by atoms with Crippen molar-refractivity contribution in [2.75, 3.05) is 4.90 Å². The molecule has 0 N–H and O–H groups in total. The van der Waals surface area contributed by atoms with Crippen molar-refractivity contribution in [3.05, 3.63) is 317 Å². The van der Waals surface area contributed by atoms with Gasteiger partial charge in [0.1, 0.15) is 0 Å². The van der Waals surface area contributed by atoms with Gasteiger partial charge in [0.05, 0.1) is 16.5 Å². The number of hydrogen-bond donors (Lipinski definition) is 0. The van der Waals surface area contributed by atoms with Crippen LogP contribution in [0.4, 0.5) is 17.1 Å². The maximum absolute atomic E-state index is 2.52. The van der Waals surface area contributed by atoms with Crippen LogP contribution in [0.5, 0.6) is 0 Å². The fourth-order valence-corrected chi connectivity index (χ4v) is 11.8. The molecule has 314 valence electrons. The molecular weight excluding hydrogens is 807 g/mol. The van der Waals surface area contributed by atoms with E-state index in [4.69, 9.17) is 0 Å². The fourth-order valence-electron chi connectivity index (χ4n) is 11.8. The highest BCUT2D eigenvalue weighted by Crippen LogP contribution is 2.60. The lowest BCUT2D eigenvalue weighted by atomic mass is 9.67. The van der Waals surface area contributed by atoms with E-state index in [-0.39, 0.29) is 0 Å². The molecule has 67 heavy (non-hydrogen) atoms. The van der Waals surface area contributed by atoms with Crippen LogP contribution in [-0.4, -0.2) is 0 Å². The van der Waals surface area contributed by atoms with Gasteiger partial charge >= 0.3 is 0 Å². The van der Waals surface area contributed by atoms with Gasteiger partial charge in [0.15, 0.2) is 0 Å². The molecule has 0 saturated carbocycles. The Morgan fingerprint density at radius 1 is 0.239 bits per heavy atom. The van der Waals surface area contributed by atoms with Gasteiger partial charge in [-0.3, -0.25) is 0 Å². The number of fused-ring (bicyclic) bond motifs is 7. The van der Waals surface area contributed by atoms with Gasteiger partial charge in [-0.05, 0) is 126 Å². The van der Waals surface area contributed by atoms with Crippen molar-refractivity contribution >= 4 is 27.8 Å². The topological polar surface area (TPSA) is 3.24 Å². The van der Waals surface area contributed by atoms with Gasteiger partial charge in [-0.25, -0.2) is 0 Å². The van der Waals surface area contributed by atoms with E-state index in [1.165, 1.54) is 83.1 Å². The van der Waals surface area contributed by atoms with Crippen molar-refractivity contribution in [3.63, 3.8) is 0 Å². The zero-order valence-corrected chi connectivity index (χ0v) is 36.9. The van der Waals surface area contributed by atoms with Crippen molar-refractivity contribution in [1.82, 2.24) is 0 Å². The van der Waals surface area contributed by atoms with Crippen molar-refractivity contribution < 1.29 is 0 Å². The minimum atomic E-state index is -0.590. The number of nitrogens with zero attached hydrogens (tertiary/aromatic N) is 1. The van der Waals surface area contributed by atoms with Crippen molar-refractivity contribution in [1.29, 1.82) is 0 Å². The Bertz CT molecular complexity index is 3540. The molecule has 13 rings (SSSR count). The highest BCUT2D eigenvalue weighted by molar-refractivity contribution is 5.98. The van der Waals surface area contributed by atoms with Crippen LogP contribution in [0.3, 0.4) is 0 Å². The molecule has 0 amide bonds. The molecule has 0 radical (unpaired) electrons. The molecule has 0 heterocycles. The van der Waals surface area contributed by atoms with Gasteiger partial charge in [-0.2, -0.15) is 0 Å². The maximum atomic E-state index is 2.52. The van der Waals surface area contributed by atoms with Crippen LogP contribution in [0.25, 0.3) is 44.2 Å². The second kappa shape index (κ2) is 15.6. The average Bonchev–Trinajstić information content (AvgIpc) is 3.86. The molecule has 0 spiro atoms. The van der Waals surface area contributed by atoms with Gasteiger partial charge in [-0.15, -0.1) is 0 Å². The third-order valence-electron chi connectivity index (χ3n) is 14.6. The van der Waals surface area contributed by atoms with E-state index in [0.717, 1.165) is 22.6 Å². The van der Waals surface area contributed by atoms with E-state index in [1.54, 1.807) is 0 Å². The summed E-state index contributed by atoms with van der Waals surface area (Å²) in [6.45, 7) is 0. The second-order valence-corrected chi connectivity index (χ2v) is 17.9. The molecule has 0 unspecified atom stereocenters. The molecule has 0 saturated heterocycles. The van der Waals surface area contributed by atoms with Crippen LogP contribution < -0.4 is 4.90 Å². The Labute approximate surface area is 392 Å². The average molecular weight is 852 g/mol. The normalized spacial score (nSPS) is 13.6. The highest BCUT2D eigenvalue weighted by atomic mass is 15.1. The third kappa shape index (κ3) is 5.81. The molecular formula is C66H45N. The number of hydrogen-bond acceptors (Lipinski definition) is 1. The highest BCUT2D eigenvalue weighted by Gasteiger charge is 2.48. The Kier molecular flexibility index (Phi) is 9.05. The molecule has 11 aromatic rings. The van der Waals surface area contributed by atoms with E-state index < -0.39 is 10.8 Å². The Morgan fingerprint density at radius 3 is 1.15 bits per heavy atom.